The van der Waals surface area contributed by atoms with Crippen LogP contribution >= 0.6 is 0 Å². The lowest BCUT2D eigenvalue weighted by atomic mass is 10.1. The molecule has 2 aromatic carbocycles. The van der Waals surface area contributed by atoms with Crippen molar-refractivity contribution in [2.45, 2.75) is 19.3 Å². The molecule has 0 bridgehead atoms. The van der Waals surface area contributed by atoms with E-state index in [0.29, 0.717) is 5.56 Å². The molecule has 1 aliphatic heterocycles. The Balaban J connectivity index is 1.83. The number of nitrogens with zero attached hydrogens (tertiary/aromatic N) is 4. The van der Waals surface area contributed by atoms with Crippen molar-refractivity contribution in [1.29, 1.82) is 0 Å². The Morgan fingerprint density at radius 1 is 1.03 bits per heavy atom. The summed E-state index contributed by atoms with van der Waals surface area (Å²) in [5, 5.41) is 26.1. The minimum Gasteiger partial charge on any atom is -0.371 e. The van der Waals surface area contributed by atoms with E-state index in [1.54, 1.807) is 6.07 Å². The molecule has 0 aliphatic carbocycles. The van der Waals surface area contributed by atoms with E-state index in [0.717, 1.165) is 38.0 Å². The second-order valence-corrected chi connectivity index (χ2v) is 6.52. The van der Waals surface area contributed by atoms with E-state index in [2.05, 4.69) is 15.4 Å². The number of nitro benzene ring substituents is 2. The molecule has 0 saturated carbocycles. The third-order valence-corrected chi connectivity index (χ3v) is 4.63. The maximum Gasteiger partial charge on any atom is 0.282 e. The predicted molar refractivity (Wildman–Crippen MR) is 107 cm³/mol. The van der Waals surface area contributed by atoms with Crippen LogP contribution in [0.5, 0.6) is 0 Å². The first-order valence-electron chi connectivity index (χ1n) is 9.07. The third-order valence-electron chi connectivity index (χ3n) is 4.63. The SMILES string of the molecule is O=C(N/N=C\c1cc([N+](=O)[O-])ccc1N1CCCCC1)c1ccccc1[N+](=O)[O-]. The standard InChI is InChI=1S/C19H19N5O5/c25-19(16-6-2-3-7-18(16)24(28)29)21-20-13-14-12-15(23(26)27)8-9-17(14)22-10-4-1-5-11-22/h2-3,6-9,12-13H,1,4-5,10-11H2,(H,21,25)/b20-13-. The van der Waals surface area contributed by atoms with Crippen molar-refractivity contribution in [2.75, 3.05) is 18.0 Å². The molecule has 0 radical (unpaired) electrons. The number of piperidine rings is 1. The van der Waals surface area contributed by atoms with Crippen molar-refractivity contribution in [2.24, 2.45) is 5.10 Å². The van der Waals surface area contributed by atoms with Gasteiger partial charge < -0.3 is 4.90 Å². The molecule has 10 nitrogen and oxygen atoms in total. The smallest absolute Gasteiger partial charge is 0.282 e. The fraction of sp³-hybridized carbons (Fsp3) is 0.263. The lowest BCUT2D eigenvalue weighted by Gasteiger charge is -2.29. The number of amides is 1. The molecule has 10 heteroatoms. The van der Waals surface area contributed by atoms with Gasteiger partial charge in [0.15, 0.2) is 0 Å². The van der Waals surface area contributed by atoms with Crippen LogP contribution in [0.1, 0.15) is 35.2 Å². The third kappa shape index (κ3) is 4.72. The summed E-state index contributed by atoms with van der Waals surface area (Å²) in [6.45, 7) is 1.67. The van der Waals surface area contributed by atoms with Gasteiger partial charge in [0.1, 0.15) is 5.56 Å². The summed E-state index contributed by atoms with van der Waals surface area (Å²) < 4.78 is 0. The summed E-state index contributed by atoms with van der Waals surface area (Å²) in [5.41, 5.74) is 3.00. The van der Waals surface area contributed by atoms with Crippen molar-refractivity contribution >= 4 is 29.2 Å². The number of carbonyl (C=O) groups is 1. The molecule has 0 spiro atoms. The minimum atomic E-state index is -0.737. The summed E-state index contributed by atoms with van der Waals surface area (Å²) in [6, 6.07) is 10.0. The van der Waals surface area contributed by atoms with Gasteiger partial charge in [0.05, 0.1) is 16.1 Å². The van der Waals surface area contributed by atoms with E-state index < -0.39 is 15.8 Å². The van der Waals surface area contributed by atoms with E-state index in [-0.39, 0.29) is 16.9 Å². The van der Waals surface area contributed by atoms with Crippen LogP contribution in [0.4, 0.5) is 17.1 Å². The predicted octanol–water partition coefficient (Wildman–Crippen LogP) is 3.26. The minimum absolute atomic E-state index is 0.0859. The Bertz CT molecular complexity index is 969. The lowest BCUT2D eigenvalue weighted by Crippen LogP contribution is -2.30. The van der Waals surface area contributed by atoms with Crippen LogP contribution in [0.15, 0.2) is 47.6 Å². The molecule has 3 rings (SSSR count). The summed E-state index contributed by atoms with van der Waals surface area (Å²) >= 11 is 0. The Hall–Kier alpha value is -3.82. The number of nitro groups is 2. The molecule has 29 heavy (non-hydrogen) atoms. The van der Waals surface area contributed by atoms with Crippen LogP contribution in [-0.2, 0) is 0 Å². The van der Waals surface area contributed by atoms with Crippen molar-refractivity contribution in [1.82, 2.24) is 5.43 Å². The average Bonchev–Trinajstić information content (AvgIpc) is 2.74. The molecule has 1 aliphatic rings. The van der Waals surface area contributed by atoms with E-state index in [1.807, 2.05) is 0 Å². The number of benzene rings is 2. The monoisotopic (exact) mass is 397 g/mol. The first-order chi connectivity index (χ1) is 14.0. The number of carbonyl (C=O) groups excluding carboxylic acids is 1. The first kappa shape index (κ1) is 19.9. The van der Waals surface area contributed by atoms with Crippen molar-refractivity contribution in [3.05, 3.63) is 73.8 Å². The zero-order valence-electron chi connectivity index (χ0n) is 15.5. The number of nitrogens with one attached hydrogen (secondary N) is 1. The largest absolute Gasteiger partial charge is 0.371 e. The van der Waals surface area contributed by atoms with Gasteiger partial charge in [0.25, 0.3) is 17.3 Å². The number of rotatable bonds is 6. The Kier molecular flexibility index (Phi) is 6.12. The van der Waals surface area contributed by atoms with Gasteiger partial charge >= 0.3 is 0 Å². The number of non-ortho nitro benzene ring substituents is 1. The molecule has 0 aromatic heterocycles. The Morgan fingerprint density at radius 3 is 2.45 bits per heavy atom. The van der Waals surface area contributed by atoms with Gasteiger partial charge in [-0.2, -0.15) is 5.10 Å². The molecule has 2 aromatic rings. The second kappa shape index (κ2) is 8.91. The second-order valence-electron chi connectivity index (χ2n) is 6.52. The van der Waals surface area contributed by atoms with E-state index >= 15 is 0 Å². The lowest BCUT2D eigenvalue weighted by molar-refractivity contribution is -0.385. The van der Waals surface area contributed by atoms with Gasteiger partial charge in [-0.25, -0.2) is 5.43 Å². The first-order valence-corrected chi connectivity index (χ1v) is 9.07. The molecule has 0 unspecified atom stereocenters. The molecule has 150 valence electrons. The normalized spacial score (nSPS) is 14.0. The van der Waals surface area contributed by atoms with E-state index in [4.69, 9.17) is 0 Å². The van der Waals surface area contributed by atoms with Crippen LogP contribution in [0.3, 0.4) is 0 Å². The Labute approximate surface area is 166 Å². The highest BCUT2D eigenvalue weighted by Gasteiger charge is 2.19. The zero-order valence-corrected chi connectivity index (χ0v) is 15.5. The van der Waals surface area contributed by atoms with Gasteiger partial charge in [0, 0.05) is 42.5 Å². The van der Waals surface area contributed by atoms with Crippen molar-refractivity contribution < 1.29 is 14.6 Å². The number of hydrogen-bond donors (Lipinski definition) is 1. The van der Waals surface area contributed by atoms with Gasteiger partial charge in [0.2, 0.25) is 0 Å². The number of para-hydroxylation sites is 1. The fourth-order valence-corrected chi connectivity index (χ4v) is 3.23. The molecular weight excluding hydrogens is 378 g/mol. The summed E-state index contributed by atoms with van der Waals surface area (Å²) in [4.78, 5) is 35.4. The van der Waals surface area contributed by atoms with Crippen LogP contribution in [0, 0.1) is 20.2 Å². The maximum absolute atomic E-state index is 12.3. The summed E-state index contributed by atoms with van der Waals surface area (Å²) in [7, 11) is 0. The van der Waals surface area contributed by atoms with Crippen LogP contribution in [0.2, 0.25) is 0 Å². The van der Waals surface area contributed by atoms with Gasteiger partial charge in [-0.1, -0.05) is 12.1 Å². The van der Waals surface area contributed by atoms with Crippen LogP contribution in [-0.4, -0.2) is 35.1 Å². The quantitative estimate of drug-likeness (QED) is 0.452. The molecule has 1 amide bonds. The highest BCUT2D eigenvalue weighted by Crippen LogP contribution is 2.27. The van der Waals surface area contributed by atoms with Gasteiger partial charge in [-0.05, 0) is 31.4 Å². The zero-order chi connectivity index (χ0) is 20.8. The van der Waals surface area contributed by atoms with Crippen LogP contribution in [0.25, 0.3) is 0 Å². The maximum atomic E-state index is 12.3. The summed E-state index contributed by atoms with van der Waals surface area (Å²) in [5.74, 6) is -0.737. The number of hydrazone groups is 1. The number of anilines is 1. The van der Waals surface area contributed by atoms with Crippen molar-refractivity contribution in [3.8, 4) is 0 Å². The molecule has 0 atom stereocenters. The molecular formula is C19H19N5O5. The molecule has 1 heterocycles. The van der Waals surface area contributed by atoms with Crippen LogP contribution < -0.4 is 10.3 Å². The topological polar surface area (TPSA) is 131 Å². The van der Waals surface area contributed by atoms with E-state index in [9.17, 15) is 25.0 Å². The Morgan fingerprint density at radius 2 is 1.76 bits per heavy atom. The number of hydrogen-bond acceptors (Lipinski definition) is 7. The van der Waals surface area contributed by atoms with Gasteiger partial charge in [-0.15, -0.1) is 0 Å². The fourth-order valence-electron chi connectivity index (χ4n) is 3.23. The van der Waals surface area contributed by atoms with Gasteiger partial charge in [-0.3, -0.25) is 25.0 Å². The average molecular weight is 397 g/mol. The molecule has 1 fully saturated rings. The molecule has 1 N–H and O–H groups in total. The van der Waals surface area contributed by atoms with Crippen molar-refractivity contribution in [3.63, 3.8) is 0 Å². The highest BCUT2D eigenvalue weighted by molar-refractivity contribution is 5.99. The van der Waals surface area contributed by atoms with E-state index in [1.165, 1.54) is 42.6 Å². The summed E-state index contributed by atoms with van der Waals surface area (Å²) in [6.07, 6.45) is 4.52. The molecule has 1 saturated heterocycles. The highest BCUT2D eigenvalue weighted by atomic mass is 16.6.